The number of rotatable bonds is 4. The van der Waals surface area contributed by atoms with Gasteiger partial charge in [0.1, 0.15) is 0 Å². The Bertz CT molecular complexity index is 1440. The molecule has 0 N–H and O–H groups in total. The van der Waals surface area contributed by atoms with E-state index < -0.39 is 20.0 Å². The Hall–Kier alpha value is -0.106. The van der Waals surface area contributed by atoms with Gasteiger partial charge in [0, 0.05) is 26.2 Å². The number of nitrogens with zero attached hydrogens (tertiary/aromatic N) is 2. The molecule has 0 aliphatic carbocycles. The van der Waals surface area contributed by atoms with Crippen molar-refractivity contribution in [3.05, 3.63) is 112 Å². The van der Waals surface area contributed by atoms with Crippen LogP contribution < -0.4 is 43.7 Å². The van der Waals surface area contributed by atoms with Crippen molar-refractivity contribution in [3.63, 3.8) is 0 Å². The van der Waals surface area contributed by atoms with Crippen LogP contribution in [0.1, 0.15) is 50.7 Å². The molecule has 0 amide bonds. The van der Waals surface area contributed by atoms with Crippen molar-refractivity contribution in [2.24, 2.45) is 0 Å². The molecule has 2 aromatic rings. The molecule has 2 aliphatic rings. The zero-order valence-electron chi connectivity index (χ0n) is 27.6. The van der Waals surface area contributed by atoms with Gasteiger partial charge in [-0.1, -0.05) is 77.9 Å². The van der Waals surface area contributed by atoms with Crippen LogP contribution in [0, 0.1) is 20.3 Å². The predicted molar refractivity (Wildman–Crippen MR) is 189 cm³/mol. The summed E-state index contributed by atoms with van der Waals surface area (Å²) in [4.78, 5) is 0.721. The summed E-state index contributed by atoms with van der Waals surface area (Å²) < 4.78 is 54.6. The molecule has 2 heterocycles. The molecule has 0 saturated heterocycles. The maximum absolute atomic E-state index is 12.6. The van der Waals surface area contributed by atoms with Crippen LogP contribution in [-0.2, 0) is 20.0 Å². The van der Waals surface area contributed by atoms with Gasteiger partial charge in [-0.25, -0.2) is 16.8 Å². The molecule has 0 aromatic heterocycles. The minimum Gasteiger partial charge on any atom is -1.00 e. The Balaban J connectivity index is -0.000000686. The van der Waals surface area contributed by atoms with Crippen molar-refractivity contribution in [1.82, 2.24) is 8.61 Å². The standard InChI is InChI=1S/C15H18INO2S.C15H19NO2S.C3H7.2ClH.Li.Mg/c1-13-6-8-15(9-7-13)20(18,19)17-11-4-2-3-5-14(16)10-12-17;1-14-8-10-15(11-9-14)19(17,18)16-12-6-4-2-3-5-7-13-16;1-3-2;;;;/h2,4,6-10H,3,5,11-12H2,1H3;4-11H,2-3,12-13H2,1H3;3H,1-2H3;2*1H;;/q;;-1;;;+1;+2/p-2/b4-2-,14-10-;6-4-,7-5+;;;;;. The fourth-order valence-corrected chi connectivity index (χ4v) is 7.09. The maximum Gasteiger partial charge on any atom is 2.00 e. The summed E-state index contributed by atoms with van der Waals surface area (Å²) in [6, 6.07) is 14.0. The Kier molecular flexibility index (Phi) is 29.2. The second kappa shape index (κ2) is 26.7. The van der Waals surface area contributed by atoms with Crippen LogP contribution in [0.15, 0.2) is 104 Å². The third-order valence-corrected chi connectivity index (χ3v) is 11.0. The molecule has 2 aliphatic heterocycles. The topological polar surface area (TPSA) is 74.8 Å². The molecule has 0 fully saturated rings. The van der Waals surface area contributed by atoms with Crippen LogP contribution in [-0.4, -0.2) is 74.7 Å². The van der Waals surface area contributed by atoms with Crippen LogP contribution >= 0.6 is 22.6 Å². The van der Waals surface area contributed by atoms with Crippen LogP contribution in [0.4, 0.5) is 0 Å². The molecule has 13 heteroatoms. The number of benzene rings is 2. The molecule has 0 saturated carbocycles. The number of hydrogen-bond donors (Lipinski definition) is 0. The molecule has 6 nitrogen and oxygen atoms in total. The monoisotopic (exact) mass is 824 g/mol. The predicted octanol–water partition coefficient (Wildman–Crippen LogP) is -1.59. The summed E-state index contributed by atoms with van der Waals surface area (Å²) in [5.74, 6) is 0. The number of halogens is 3. The Morgan fingerprint density at radius 2 is 0.935 bits per heavy atom. The molecule has 46 heavy (non-hydrogen) atoms. The van der Waals surface area contributed by atoms with Crippen LogP contribution in [0.25, 0.3) is 0 Å². The van der Waals surface area contributed by atoms with E-state index in [2.05, 4.69) is 28.7 Å². The zero-order chi connectivity index (χ0) is 31.0. The van der Waals surface area contributed by atoms with Crippen LogP contribution in [0.5, 0.6) is 0 Å². The van der Waals surface area contributed by atoms with Crippen molar-refractivity contribution in [2.75, 3.05) is 26.2 Å². The molecule has 0 radical (unpaired) electrons. The van der Waals surface area contributed by atoms with Gasteiger partial charge in [-0.3, -0.25) is 0 Å². The van der Waals surface area contributed by atoms with E-state index in [1.54, 1.807) is 24.3 Å². The van der Waals surface area contributed by atoms with E-state index in [0.29, 0.717) is 36.0 Å². The van der Waals surface area contributed by atoms with Gasteiger partial charge in [0.25, 0.3) is 0 Å². The Morgan fingerprint density at radius 1 is 0.609 bits per heavy atom. The quantitative estimate of drug-likeness (QED) is 0.162. The van der Waals surface area contributed by atoms with E-state index in [9.17, 15) is 16.8 Å². The van der Waals surface area contributed by atoms with E-state index in [0.717, 1.165) is 36.8 Å². The van der Waals surface area contributed by atoms with E-state index in [-0.39, 0.29) is 66.7 Å². The summed E-state index contributed by atoms with van der Waals surface area (Å²) in [6.07, 6.45) is 19.8. The maximum atomic E-state index is 12.6. The zero-order valence-corrected chi connectivity index (χ0v) is 34.3. The molecule has 246 valence electrons. The molecule has 2 aromatic carbocycles. The van der Waals surface area contributed by atoms with Gasteiger partial charge >= 0.3 is 41.9 Å². The van der Waals surface area contributed by atoms with Gasteiger partial charge in [-0.2, -0.15) is 22.5 Å². The summed E-state index contributed by atoms with van der Waals surface area (Å²) in [5.41, 5.74) is 2.12. The molecule has 0 unspecified atom stereocenters. The normalized spacial score (nSPS) is 18.8. The van der Waals surface area contributed by atoms with Crippen molar-refractivity contribution < 1.29 is 60.5 Å². The summed E-state index contributed by atoms with van der Waals surface area (Å²) in [5, 5.41) is 0. The van der Waals surface area contributed by atoms with E-state index in [1.165, 1.54) is 12.2 Å². The minimum atomic E-state index is -3.42. The number of allylic oxidation sites excluding steroid dienone is 4. The largest absolute Gasteiger partial charge is 2.00 e. The molecular weight excluding hydrogens is 782 g/mol. The first-order valence-electron chi connectivity index (χ1n) is 14.2. The van der Waals surface area contributed by atoms with Crippen molar-refractivity contribution >= 4 is 65.7 Å². The average molecular weight is 826 g/mol. The van der Waals surface area contributed by atoms with Gasteiger partial charge in [0.15, 0.2) is 0 Å². The van der Waals surface area contributed by atoms with E-state index in [4.69, 9.17) is 0 Å². The summed E-state index contributed by atoms with van der Waals surface area (Å²) >= 11 is 2.28. The number of sulfonamides is 2. The first-order valence-corrected chi connectivity index (χ1v) is 18.2. The Morgan fingerprint density at radius 3 is 1.30 bits per heavy atom. The van der Waals surface area contributed by atoms with E-state index in [1.807, 2.05) is 94.8 Å². The molecule has 0 atom stereocenters. The fourth-order valence-electron chi connectivity index (χ4n) is 3.91. The van der Waals surface area contributed by atoms with Gasteiger partial charge in [-0.05, 0) is 90.0 Å². The second-order valence-electron chi connectivity index (χ2n) is 10.0. The van der Waals surface area contributed by atoms with Crippen molar-refractivity contribution in [2.45, 2.75) is 63.2 Å². The van der Waals surface area contributed by atoms with Gasteiger partial charge in [0.2, 0.25) is 20.0 Å². The van der Waals surface area contributed by atoms with Gasteiger partial charge < -0.3 is 31.2 Å². The third kappa shape index (κ3) is 17.5. The number of hydrogen-bond acceptors (Lipinski definition) is 4. The van der Waals surface area contributed by atoms with Crippen molar-refractivity contribution in [1.29, 1.82) is 0 Å². The smallest absolute Gasteiger partial charge is 1.00 e. The van der Waals surface area contributed by atoms with Gasteiger partial charge in [0.05, 0.1) is 9.79 Å². The second-order valence-corrected chi connectivity index (χ2v) is 15.3. The SMILES string of the molecule is C[CH-]C.Cc1ccc(S(=O)(=O)N2C/C=C\CC/C(I)=C/C2)cc1.Cc1ccc(S(=O)(=O)N2C/C=C\CC/C=C/C2)cc1.[Cl-].[Cl-].[Li+].[Mg+2]. The fraction of sp³-hybridized carbons (Fsp3) is 0.364. The summed E-state index contributed by atoms with van der Waals surface area (Å²) in [7, 11) is -6.83. The van der Waals surface area contributed by atoms with Crippen LogP contribution in [0.3, 0.4) is 0 Å². The first kappa shape index (κ1) is 50.3. The average Bonchev–Trinajstić information content (AvgIpc) is 3.17. The molecule has 4 rings (SSSR count). The van der Waals surface area contributed by atoms with Crippen molar-refractivity contribution in [3.8, 4) is 0 Å². The molecule has 0 bridgehead atoms. The van der Waals surface area contributed by atoms with E-state index >= 15 is 0 Å². The minimum absolute atomic E-state index is 0. The molecular formula is C33H44Cl2ILiMgN2O4S2. The number of aryl methyl sites for hydroxylation is 2. The first-order chi connectivity index (χ1) is 20.0. The Labute approximate surface area is 333 Å². The molecule has 0 spiro atoms. The summed E-state index contributed by atoms with van der Waals surface area (Å²) in [6.45, 7) is 9.61. The van der Waals surface area contributed by atoms with Crippen LogP contribution in [0.2, 0.25) is 0 Å². The third-order valence-electron chi connectivity index (χ3n) is 6.31. The van der Waals surface area contributed by atoms with Gasteiger partial charge in [-0.15, -0.1) is 0 Å².